The molecule has 0 amide bonds. The zero-order chi connectivity index (χ0) is 9.52. The molecule has 0 aromatic carbocycles. The summed E-state index contributed by atoms with van der Waals surface area (Å²) in [5, 5.41) is 14.4. The molecule has 1 aromatic heterocycles. The maximum absolute atomic E-state index is 8.75. The second-order valence-corrected chi connectivity index (χ2v) is 3.32. The highest BCUT2D eigenvalue weighted by molar-refractivity contribution is 7.10. The van der Waals surface area contributed by atoms with E-state index >= 15 is 0 Å². The third kappa shape index (κ3) is 3.55. The van der Waals surface area contributed by atoms with Gasteiger partial charge in [-0.05, 0) is 13.0 Å². The van der Waals surface area contributed by atoms with Crippen LogP contribution in [0.3, 0.4) is 0 Å². The molecule has 0 radical (unpaired) electrons. The van der Waals surface area contributed by atoms with Crippen molar-refractivity contribution in [3.05, 3.63) is 16.1 Å². The molecule has 0 bridgehead atoms. The Kier molecular flexibility index (Phi) is 4.47. The van der Waals surface area contributed by atoms with Gasteiger partial charge in [-0.15, -0.1) is 11.3 Å². The molecule has 1 aromatic rings. The Bertz CT molecular complexity index is 311. The van der Waals surface area contributed by atoms with Crippen LogP contribution < -0.4 is 5.32 Å². The van der Waals surface area contributed by atoms with Gasteiger partial charge < -0.3 is 10.4 Å². The zero-order valence-electron chi connectivity index (χ0n) is 7.50. The third-order valence-electron chi connectivity index (χ3n) is 1.41. The van der Waals surface area contributed by atoms with Gasteiger partial charge in [0.05, 0.1) is 12.3 Å². The Morgan fingerprint density at radius 1 is 1.69 bits per heavy atom. The minimum Gasteiger partial charge on any atom is -0.390 e. The van der Waals surface area contributed by atoms with Crippen LogP contribution in [0.15, 0.2) is 5.38 Å². The summed E-state index contributed by atoms with van der Waals surface area (Å²) in [6.45, 7) is 0.889. The normalized spacial score (nSPS) is 9.38. The van der Waals surface area contributed by atoms with Gasteiger partial charge in [-0.25, -0.2) is 4.98 Å². The van der Waals surface area contributed by atoms with Crippen molar-refractivity contribution in [2.45, 2.75) is 13.0 Å². The van der Waals surface area contributed by atoms with Gasteiger partial charge in [0.15, 0.2) is 5.01 Å². The molecular formula is C9H12N2OS. The SMILES string of the molecule is CNCCC#Cc1nc(CO)cs1. The number of rotatable bonds is 3. The van der Waals surface area contributed by atoms with Crippen molar-refractivity contribution in [2.24, 2.45) is 0 Å². The van der Waals surface area contributed by atoms with E-state index in [0.717, 1.165) is 18.0 Å². The number of hydrogen-bond acceptors (Lipinski definition) is 4. The molecule has 0 aliphatic rings. The molecule has 3 nitrogen and oxygen atoms in total. The van der Waals surface area contributed by atoms with Crippen LogP contribution in [0.1, 0.15) is 17.1 Å². The fourth-order valence-electron chi connectivity index (χ4n) is 0.763. The fourth-order valence-corrected chi connectivity index (χ4v) is 1.44. The van der Waals surface area contributed by atoms with Crippen molar-refractivity contribution in [3.63, 3.8) is 0 Å². The van der Waals surface area contributed by atoms with E-state index in [-0.39, 0.29) is 6.61 Å². The minimum absolute atomic E-state index is 0.00526. The standard InChI is InChI=1S/C9H12N2OS/c1-10-5-3-2-4-9-11-8(6-12)7-13-9/h7,10,12H,3,5-6H2,1H3. The predicted octanol–water partition coefficient (Wildman–Crippen LogP) is 0.596. The molecule has 13 heavy (non-hydrogen) atoms. The molecule has 0 aliphatic carbocycles. The number of nitrogens with zero attached hydrogens (tertiary/aromatic N) is 1. The van der Waals surface area contributed by atoms with Crippen molar-refractivity contribution in [1.82, 2.24) is 10.3 Å². The number of aliphatic hydroxyl groups excluding tert-OH is 1. The summed E-state index contributed by atoms with van der Waals surface area (Å²) in [5.74, 6) is 5.93. The molecule has 0 aliphatic heterocycles. The fraction of sp³-hybridized carbons (Fsp3) is 0.444. The maximum Gasteiger partial charge on any atom is 0.167 e. The topological polar surface area (TPSA) is 45.2 Å². The van der Waals surface area contributed by atoms with E-state index in [1.54, 1.807) is 0 Å². The van der Waals surface area contributed by atoms with Crippen LogP contribution in [0.25, 0.3) is 0 Å². The second kappa shape index (κ2) is 5.70. The van der Waals surface area contributed by atoms with Crippen LogP contribution in [-0.4, -0.2) is 23.7 Å². The average molecular weight is 196 g/mol. The van der Waals surface area contributed by atoms with Gasteiger partial charge in [-0.1, -0.05) is 5.92 Å². The summed E-state index contributed by atoms with van der Waals surface area (Å²) >= 11 is 1.47. The van der Waals surface area contributed by atoms with Crippen LogP contribution >= 0.6 is 11.3 Å². The molecule has 4 heteroatoms. The van der Waals surface area contributed by atoms with Crippen LogP contribution in [0.2, 0.25) is 0 Å². The van der Waals surface area contributed by atoms with E-state index in [1.165, 1.54) is 11.3 Å². The lowest BCUT2D eigenvalue weighted by Crippen LogP contribution is -2.05. The van der Waals surface area contributed by atoms with E-state index in [2.05, 4.69) is 22.1 Å². The summed E-state index contributed by atoms with van der Waals surface area (Å²) in [6.07, 6.45) is 0.824. The van der Waals surface area contributed by atoms with Gasteiger partial charge in [-0.2, -0.15) is 0 Å². The van der Waals surface area contributed by atoms with E-state index < -0.39 is 0 Å². The lowest BCUT2D eigenvalue weighted by molar-refractivity contribution is 0.277. The van der Waals surface area contributed by atoms with Gasteiger partial charge in [0.2, 0.25) is 0 Å². The largest absolute Gasteiger partial charge is 0.390 e. The lowest BCUT2D eigenvalue weighted by atomic mass is 10.4. The molecule has 0 atom stereocenters. The molecule has 0 unspecified atom stereocenters. The first kappa shape index (κ1) is 10.2. The number of nitrogens with one attached hydrogen (secondary N) is 1. The average Bonchev–Trinajstić information content (AvgIpc) is 2.60. The van der Waals surface area contributed by atoms with E-state index in [9.17, 15) is 0 Å². The second-order valence-electron chi connectivity index (χ2n) is 2.46. The maximum atomic E-state index is 8.75. The molecule has 0 saturated heterocycles. The number of thiazole rings is 1. The first-order valence-electron chi connectivity index (χ1n) is 4.05. The van der Waals surface area contributed by atoms with Crippen LogP contribution in [-0.2, 0) is 6.61 Å². The van der Waals surface area contributed by atoms with Crippen LogP contribution in [0.4, 0.5) is 0 Å². The number of aromatic nitrogens is 1. The van der Waals surface area contributed by atoms with Gasteiger partial charge in [0.25, 0.3) is 0 Å². The zero-order valence-corrected chi connectivity index (χ0v) is 8.32. The van der Waals surface area contributed by atoms with Crippen molar-refractivity contribution in [1.29, 1.82) is 0 Å². The van der Waals surface area contributed by atoms with E-state index in [1.807, 2.05) is 12.4 Å². The lowest BCUT2D eigenvalue weighted by Gasteiger charge is -1.86. The summed E-state index contributed by atoms with van der Waals surface area (Å²) in [7, 11) is 1.90. The monoisotopic (exact) mass is 196 g/mol. The highest BCUT2D eigenvalue weighted by Gasteiger charge is 1.95. The summed E-state index contributed by atoms with van der Waals surface area (Å²) in [4.78, 5) is 4.10. The Balaban J connectivity index is 2.46. The van der Waals surface area contributed by atoms with E-state index in [4.69, 9.17) is 5.11 Å². The van der Waals surface area contributed by atoms with Crippen molar-refractivity contribution in [2.75, 3.05) is 13.6 Å². The molecule has 0 spiro atoms. The molecule has 0 saturated carbocycles. The number of hydrogen-bond donors (Lipinski definition) is 2. The predicted molar refractivity (Wildman–Crippen MR) is 53.5 cm³/mol. The van der Waals surface area contributed by atoms with Crippen molar-refractivity contribution >= 4 is 11.3 Å². The molecule has 1 heterocycles. The van der Waals surface area contributed by atoms with Gasteiger partial charge in [0.1, 0.15) is 0 Å². The van der Waals surface area contributed by atoms with Gasteiger partial charge in [-0.3, -0.25) is 0 Å². The van der Waals surface area contributed by atoms with Crippen LogP contribution in [0.5, 0.6) is 0 Å². The summed E-state index contributed by atoms with van der Waals surface area (Å²) < 4.78 is 0. The van der Waals surface area contributed by atoms with Gasteiger partial charge in [0, 0.05) is 18.3 Å². The van der Waals surface area contributed by atoms with Crippen molar-refractivity contribution < 1.29 is 5.11 Å². The highest BCUT2D eigenvalue weighted by Crippen LogP contribution is 2.07. The number of aliphatic hydroxyl groups is 1. The van der Waals surface area contributed by atoms with Gasteiger partial charge >= 0.3 is 0 Å². The Morgan fingerprint density at radius 3 is 3.15 bits per heavy atom. The summed E-state index contributed by atoms with van der Waals surface area (Å²) in [6, 6.07) is 0. The molecule has 2 N–H and O–H groups in total. The third-order valence-corrected chi connectivity index (χ3v) is 2.22. The molecule has 1 rings (SSSR count). The molecule has 0 fully saturated rings. The minimum atomic E-state index is -0.00526. The Labute approximate surface area is 81.8 Å². The Hall–Kier alpha value is -0.890. The van der Waals surface area contributed by atoms with E-state index in [0.29, 0.717) is 5.69 Å². The first-order valence-corrected chi connectivity index (χ1v) is 4.93. The molecular weight excluding hydrogens is 184 g/mol. The molecule has 70 valence electrons. The Morgan fingerprint density at radius 2 is 2.54 bits per heavy atom. The smallest absolute Gasteiger partial charge is 0.167 e. The van der Waals surface area contributed by atoms with Crippen molar-refractivity contribution in [3.8, 4) is 11.8 Å². The summed E-state index contributed by atoms with van der Waals surface area (Å²) in [5.41, 5.74) is 0.697. The highest BCUT2D eigenvalue weighted by atomic mass is 32.1. The quantitative estimate of drug-likeness (QED) is 0.549. The first-order chi connectivity index (χ1) is 6.36. The van der Waals surface area contributed by atoms with Crippen LogP contribution in [0, 0.1) is 11.8 Å².